The number of hydrogen-bond acceptors (Lipinski definition) is 4. The molecule has 0 bridgehead atoms. The van der Waals surface area contributed by atoms with Crippen molar-refractivity contribution < 1.29 is 22.7 Å². The first-order valence-electron chi connectivity index (χ1n) is 5.14. The third-order valence-electron chi connectivity index (χ3n) is 2.10. The smallest absolute Gasteiger partial charge is 0.416 e. The summed E-state index contributed by atoms with van der Waals surface area (Å²) in [7, 11) is 0. The molecule has 0 spiro atoms. The van der Waals surface area contributed by atoms with E-state index >= 15 is 0 Å². The predicted molar refractivity (Wildman–Crippen MR) is 61.0 cm³/mol. The van der Waals surface area contributed by atoms with Gasteiger partial charge in [-0.15, -0.1) is 0 Å². The zero-order valence-corrected chi connectivity index (χ0v) is 9.67. The van der Waals surface area contributed by atoms with Crippen molar-refractivity contribution in [3.63, 3.8) is 0 Å². The van der Waals surface area contributed by atoms with Crippen LogP contribution in [0.1, 0.15) is 12.5 Å². The topological polar surface area (TPSA) is 64.3 Å². The highest BCUT2D eigenvalue weighted by molar-refractivity contribution is 5.67. The molecule has 0 fully saturated rings. The lowest BCUT2D eigenvalue weighted by atomic mass is 10.1. The predicted octanol–water partition coefficient (Wildman–Crippen LogP) is 2.26. The van der Waals surface area contributed by atoms with Crippen LogP contribution < -0.4 is 11.1 Å². The van der Waals surface area contributed by atoms with Gasteiger partial charge < -0.3 is 15.8 Å². The molecule has 0 aliphatic rings. The molecule has 0 radical (unpaired) electrons. The summed E-state index contributed by atoms with van der Waals surface area (Å²) >= 11 is 0. The van der Waals surface area contributed by atoms with Crippen LogP contribution in [0.2, 0.25) is 0 Å². The molecular weight excluding hydrogens is 249 g/mol. The van der Waals surface area contributed by atoms with Gasteiger partial charge in [0.2, 0.25) is 0 Å². The molecule has 0 aliphatic carbocycles. The number of nitrogens with one attached hydrogen (secondary N) is 1. The van der Waals surface area contributed by atoms with Crippen LogP contribution in [0.15, 0.2) is 18.2 Å². The van der Waals surface area contributed by atoms with Gasteiger partial charge >= 0.3 is 12.1 Å². The van der Waals surface area contributed by atoms with Gasteiger partial charge in [-0.3, -0.25) is 4.79 Å². The van der Waals surface area contributed by atoms with E-state index in [1.165, 1.54) is 13.0 Å². The van der Waals surface area contributed by atoms with Crippen molar-refractivity contribution in [2.75, 3.05) is 24.2 Å². The van der Waals surface area contributed by atoms with Gasteiger partial charge in [0.1, 0.15) is 6.61 Å². The summed E-state index contributed by atoms with van der Waals surface area (Å²) in [6.45, 7) is 1.66. The molecule has 1 aromatic carbocycles. The fourth-order valence-corrected chi connectivity index (χ4v) is 1.28. The molecule has 3 N–H and O–H groups in total. The van der Waals surface area contributed by atoms with Crippen molar-refractivity contribution in [3.05, 3.63) is 23.8 Å². The second kappa shape index (κ2) is 5.61. The first kappa shape index (κ1) is 14.1. The van der Waals surface area contributed by atoms with Crippen LogP contribution in [0.3, 0.4) is 0 Å². The van der Waals surface area contributed by atoms with Crippen molar-refractivity contribution in [1.82, 2.24) is 0 Å². The van der Waals surface area contributed by atoms with Gasteiger partial charge in [-0.25, -0.2) is 0 Å². The lowest BCUT2D eigenvalue weighted by Crippen LogP contribution is -2.13. The van der Waals surface area contributed by atoms with Crippen LogP contribution in [0.25, 0.3) is 0 Å². The molecule has 0 heterocycles. The fourth-order valence-electron chi connectivity index (χ4n) is 1.28. The van der Waals surface area contributed by atoms with Crippen LogP contribution >= 0.6 is 0 Å². The van der Waals surface area contributed by atoms with Gasteiger partial charge in [-0.05, 0) is 18.2 Å². The number of nitrogens with two attached hydrogens (primary N) is 1. The summed E-state index contributed by atoms with van der Waals surface area (Å²) in [6.07, 6.45) is -4.41. The summed E-state index contributed by atoms with van der Waals surface area (Å²) < 4.78 is 41.7. The molecule has 0 atom stereocenters. The molecule has 0 saturated carbocycles. The van der Waals surface area contributed by atoms with Gasteiger partial charge in [0.25, 0.3) is 0 Å². The third-order valence-corrected chi connectivity index (χ3v) is 2.10. The number of carbonyl (C=O) groups is 1. The van der Waals surface area contributed by atoms with Crippen LogP contribution in [0.4, 0.5) is 24.5 Å². The number of anilines is 2. The number of esters is 1. The quantitative estimate of drug-likeness (QED) is 0.496. The van der Waals surface area contributed by atoms with Gasteiger partial charge in [-0.2, -0.15) is 13.2 Å². The first-order chi connectivity index (χ1) is 8.30. The molecule has 7 heteroatoms. The normalized spacial score (nSPS) is 11.1. The number of halogens is 3. The minimum atomic E-state index is -4.41. The highest BCUT2D eigenvalue weighted by Gasteiger charge is 2.30. The van der Waals surface area contributed by atoms with Crippen molar-refractivity contribution in [1.29, 1.82) is 0 Å². The Labute approximate surface area is 102 Å². The molecule has 1 rings (SSSR count). The van der Waals surface area contributed by atoms with Gasteiger partial charge in [0, 0.05) is 13.5 Å². The standard InChI is InChI=1S/C11H13F3N2O2/c1-7(17)18-5-4-16-10-3-2-8(6-9(10)15)11(12,13)14/h2-3,6,16H,4-5,15H2,1H3. The average molecular weight is 262 g/mol. The summed E-state index contributed by atoms with van der Waals surface area (Å²) in [5.41, 5.74) is 5.05. The largest absolute Gasteiger partial charge is 0.464 e. The van der Waals surface area contributed by atoms with E-state index < -0.39 is 17.7 Å². The van der Waals surface area contributed by atoms with Crippen molar-refractivity contribution in [2.45, 2.75) is 13.1 Å². The van der Waals surface area contributed by atoms with E-state index in [9.17, 15) is 18.0 Å². The fraction of sp³-hybridized carbons (Fsp3) is 0.364. The van der Waals surface area contributed by atoms with Crippen molar-refractivity contribution in [2.24, 2.45) is 0 Å². The van der Waals surface area contributed by atoms with E-state index in [4.69, 9.17) is 5.73 Å². The molecule has 18 heavy (non-hydrogen) atoms. The molecule has 0 unspecified atom stereocenters. The van der Waals surface area contributed by atoms with Gasteiger partial charge in [-0.1, -0.05) is 0 Å². The lowest BCUT2D eigenvalue weighted by molar-refractivity contribution is -0.140. The molecular formula is C11H13F3N2O2. The Bertz CT molecular complexity index is 433. The maximum absolute atomic E-state index is 12.4. The van der Waals surface area contributed by atoms with E-state index in [2.05, 4.69) is 10.1 Å². The second-order valence-electron chi connectivity index (χ2n) is 3.57. The summed E-state index contributed by atoms with van der Waals surface area (Å²) in [5.74, 6) is -0.419. The Morgan fingerprint density at radius 1 is 1.44 bits per heavy atom. The Balaban J connectivity index is 2.60. The highest BCUT2D eigenvalue weighted by atomic mass is 19.4. The number of ether oxygens (including phenoxy) is 1. The van der Waals surface area contributed by atoms with E-state index in [-0.39, 0.29) is 18.8 Å². The SMILES string of the molecule is CC(=O)OCCNc1ccc(C(F)(F)F)cc1N. The van der Waals surface area contributed by atoms with Crippen LogP contribution in [-0.4, -0.2) is 19.1 Å². The summed E-state index contributed by atoms with van der Waals surface area (Å²) in [4.78, 5) is 10.5. The zero-order chi connectivity index (χ0) is 13.8. The van der Waals surface area contributed by atoms with Crippen LogP contribution in [0.5, 0.6) is 0 Å². The van der Waals surface area contributed by atoms with E-state index in [1.54, 1.807) is 0 Å². The first-order valence-corrected chi connectivity index (χ1v) is 5.14. The molecule has 0 aromatic heterocycles. The maximum Gasteiger partial charge on any atom is 0.416 e. The molecule has 4 nitrogen and oxygen atoms in total. The number of carbonyl (C=O) groups excluding carboxylic acids is 1. The minimum Gasteiger partial charge on any atom is -0.464 e. The average Bonchev–Trinajstić information content (AvgIpc) is 2.24. The number of rotatable bonds is 4. The van der Waals surface area contributed by atoms with Gasteiger partial charge in [0.15, 0.2) is 0 Å². The molecule has 1 aromatic rings. The number of benzene rings is 1. The number of nitrogen functional groups attached to an aromatic ring is 1. The van der Waals surface area contributed by atoms with E-state index in [1.807, 2.05) is 0 Å². The van der Waals surface area contributed by atoms with Crippen molar-refractivity contribution in [3.8, 4) is 0 Å². The third kappa shape index (κ3) is 4.15. The number of hydrogen-bond donors (Lipinski definition) is 2. The number of alkyl halides is 3. The maximum atomic E-state index is 12.4. The van der Waals surface area contributed by atoms with Gasteiger partial charge in [0.05, 0.1) is 16.9 Å². The Hall–Kier alpha value is -1.92. The highest BCUT2D eigenvalue weighted by Crippen LogP contribution is 2.32. The molecule has 0 amide bonds. The van der Waals surface area contributed by atoms with Crippen molar-refractivity contribution >= 4 is 17.3 Å². The molecule has 0 saturated heterocycles. The lowest BCUT2D eigenvalue weighted by Gasteiger charge is -2.12. The summed E-state index contributed by atoms with van der Waals surface area (Å²) in [6, 6.07) is 3.03. The Kier molecular flexibility index (Phi) is 4.41. The Morgan fingerprint density at radius 2 is 2.11 bits per heavy atom. The summed E-state index contributed by atoms with van der Waals surface area (Å²) in [5, 5.41) is 2.78. The van der Waals surface area contributed by atoms with Crippen LogP contribution in [0, 0.1) is 0 Å². The molecule has 0 aliphatic heterocycles. The zero-order valence-electron chi connectivity index (χ0n) is 9.67. The van der Waals surface area contributed by atoms with E-state index in [0.717, 1.165) is 12.1 Å². The Morgan fingerprint density at radius 3 is 2.61 bits per heavy atom. The van der Waals surface area contributed by atoms with E-state index in [0.29, 0.717) is 5.69 Å². The van der Waals surface area contributed by atoms with Crippen LogP contribution in [-0.2, 0) is 15.7 Å². The second-order valence-corrected chi connectivity index (χ2v) is 3.57. The minimum absolute atomic E-state index is 0.00681. The monoisotopic (exact) mass is 262 g/mol. The molecule has 100 valence electrons.